The lowest BCUT2D eigenvalue weighted by Gasteiger charge is -2.12. The Hall–Kier alpha value is -1.39. The highest BCUT2D eigenvalue weighted by Gasteiger charge is 2.18. The van der Waals surface area contributed by atoms with E-state index in [2.05, 4.69) is 17.3 Å². The van der Waals surface area contributed by atoms with E-state index in [-0.39, 0.29) is 5.91 Å². The van der Waals surface area contributed by atoms with Crippen molar-refractivity contribution in [3.05, 3.63) is 35.4 Å². The topological polar surface area (TPSA) is 58.4 Å². The zero-order valence-electron chi connectivity index (χ0n) is 10.9. The number of benzene rings is 1. The van der Waals surface area contributed by atoms with Gasteiger partial charge in [-0.2, -0.15) is 0 Å². The van der Waals surface area contributed by atoms with E-state index in [0.29, 0.717) is 12.1 Å². The predicted octanol–water partition coefficient (Wildman–Crippen LogP) is 0.827. The maximum Gasteiger partial charge on any atom is 0.249 e. The number of primary amides is 1. The quantitative estimate of drug-likeness (QED) is 0.810. The molecule has 4 nitrogen and oxygen atoms in total. The van der Waals surface area contributed by atoms with E-state index in [4.69, 9.17) is 5.73 Å². The van der Waals surface area contributed by atoms with Crippen LogP contribution in [0.2, 0.25) is 0 Å². The molecule has 2 rings (SSSR count). The summed E-state index contributed by atoms with van der Waals surface area (Å²) in [5.41, 5.74) is 6.96. The van der Waals surface area contributed by atoms with Gasteiger partial charge in [-0.3, -0.25) is 4.79 Å². The van der Waals surface area contributed by atoms with Crippen molar-refractivity contribution in [3.63, 3.8) is 0 Å². The third-order valence-electron chi connectivity index (χ3n) is 3.52. The van der Waals surface area contributed by atoms with Crippen molar-refractivity contribution in [2.75, 3.05) is 26.7 Å². The normalized spacial score (nSPS) is 20.2. The minimum Gasteiger partial charge on any atom is -0.366 e. The molecule has 0 radical (unpaired) electrons. The Morgan fingerprint density at radius 1 is 1.50 bits per heavy atom. The Bertz CT molecular complexity index is 419. The minimum atomic E-state index is -0.354. The number of carbonyl (C=O) groups excluding carboxylic acids is 1. The van der Waals surface area contributed by atoms with Gasteiger partial charge in [0.15, 0.2) is 0 Å². The van der Waals surface area contributed by atoms with Crippen LogP contribution in [0.25, 0.3) is 0 Å². The lowest BCUT2D eigenvalue weighted by molar-refractivity contribution is 0.0999. The molecule has 0 aliphatic carbocycles. The van der Waals surface area contributed by atoms with Crippen molar-refractivity contribution >= 4 is 5.91 Å². The van der Waals surface area contributed by atoms with Crippen LogP contribution in [0.4, 0.5) is 0 Å². The summed E-state index contributed by atoms with van der Waals surface area (Å²) in [5.74, 6) is 0.365. The standard InChI is InChI=1S/C14H21N3O/c1-17-7-6-11(10-17)8-16-9-12-4-2-3-5-13(12)14(15)18/h2-5,11,16H,6-10H2,1H3,(H2,15,18). The van der Waals surface area contributed by atoms with Gasteiger partial charge < -0.3 is 16.0 Å². The Labute approximate surface area is 108 Å². The van der Waals surface area contributed by atoms with Crippen molar-refractivity contribution in [3.8, 4) is 0 Å². The Morgan fingerprint density at radius 3 is 2.94 bits per heavy atom. The molecular weight excluding hydrogens is 226 g/mol. The largest absolute Gasteiger partial charge is 0.366 e. The van der Waals surface area contributed by atoms with Crippen LogP contribution in [-0.4, -0.2) is 37.5 Å². The first-order valence-corrected chi connectivity index (χ1v) is 6.44. The van der Waals surface area contributed by atoms with E-state index in [1.54, 1.807) is 6.07 Å². The zero-order valence-corrected chi connectivity index (χ0v) is 10.9. The summed E-state index contributed by atoms with van der Waals surface area (Å²) in [7, 11) is 2.16. The average molecular weight is 247 g/mol. The maximum absolute atomic E-state index is 11.3. The molecule has 0 spiro atoms. The number of nitrogens with one attached hydrogen (secondary N) is 1. The lowest BCUT2D eigenvalue weighted by atomic mass is 10.1. The molecule has 0 bridgehead atoms. The van der Waals surface area contributed by atoms with E-state index in [1.165, 1.54) is 13.0 Å². The maximum atomic E-state index is 11.3. The van der Waals surface area contributed by atoms with Crippen LogP contribution in [0.5, 0.6) is 0 Å². The van der Waals surface area contributed by atoms with Crippen LogP contribution in [-0.2, 0) is 6.54 Å². The van der Waals surface area contributed by atoms with Gasteiger partial charge in [0.2, 0.25) is 5.91 Å². The van der Waals surface area contributed by atoms with Crippen LogP contribution >= 0.6 is 0 Å². The van der Waals surface area contributed by atoms with Gasteiger partial charge in [0.1, 0.15) is 0 Å². The molecule has 18 heavy (non-hydrogen) atoms. The number of amides is 1. The predicted molar refractivity (Wildman–Crippen MR) is 72.3 cm³/mol. The first kappa shape index (κ1) is 13.1. The fraction of sp³-hybridized carbons (Fsp3) is 0.500. The SMILES string of the molecule is CN1CCC(CNCc2ccccc2C(N)=O)C1. The molecule has 1 heterocycles. The number of rotatable bonds is 5. The summed E-state index contributed by atoms with van der Waals surface area (Å²) < 4.78 is 0. The van der Waals surface area contributed by atoms with Crippen molar-refractivity contribution in [1.29, 1.82) is 0 Å². The molecular formula is C14H21N3O. The Balaban J connectivity index is 1.85. The van der Waals surface area contributed by atoms with Crippen LogP contribution in [0, 0.1) is 5.92 Å². The number of carbonyl (C=O) groups is 1. The summed E-state index contributed by atoms with van der Waals surface area (Å²) in [4.78, 5) is 13.6. The Morgan fingerprint density at radius 2 is 2.28 bits per heavy atom. The van der Waals surface area contributed by atoms with Gasteiger partial charge in [0.25, 0.3) is 0 Å². The van der Waals surface area contributed by atoms with Gasteiger partial charge in [0.05, 0.1) is 0 Å². The summed E-state index contributed by atoms with van der Waals surface area (Å²) in [6, 6.07) is 7.51. The monoisotopic (exact) mass is 247 g/mol. The smallest absolute Gasteiger partial charge is 0.249 e. The molecule has 1 saturated heterocycles. The zero-order chi connectivity index (χ0) is 13.0. The van der Waals surface area contributed by atoms with E-state index < -0.39 is 0 Å². The second kappa shape index (κ2) is 5.98. The average Bonchev–Trinajstić information content (AvgIpc) is 2.75. The van der Waals surface area contributed by atoms with E-state index in [9.17, 15) is 4.79 Å². The number of nitrogens with two attached hydrogens (primary N) is 1. The van der Waals surface area contributed by atoms with Crippen LogP contribution in [0.1, 0.15) is 22.3 Å². The number of likely N-dealkylation sites (tertiary alicyclic amines) is 1. The summed E-state index contributed by atoms with van der Waals surface area (Å²) in [6.07, 6.45) is 1.25. The van der Waals surface area contributed by atoms with Crippen molar-refractivity contribution in [2.24, 2.45) is 11.7 Å². The number of nitrogens with zero attached hydrogens (tertiary/aromatic N) is 1. The minimum absolute atomic E-state index is 0.354. The van der Waals surface area contributed by atoms with Crippen molar-refractivity contribution < 1.29 is 4.79 Å². The van der Waals surface area contributed by atoms with Crippen LogP contribution in [0.3, 0.4) is 0 Å². The highest BCUT2D eigenvalue weighted by atomic mass is 16.1. The molecule has 0 aromatic heterocycles. The number of hydrogen-bond acceptors (Lipinski definition) is 3. The summed E-state index contributed by atoms with van der Waals surface area (Å²) in [6.45, 7) is 4.05. The highest BCUT2D eigenvalue weighted by Crippen LogP contribution is 2.13. The van der Waals surface area contributed by atoms with Crippen molar-refractivity contribution in [1.82, 2.24) is 10.2 Å². The van der Waals surface area contributed by atoms with Gasteiger partial charge in [-0.15, -0.1) is 0 Å². The van der Waals surface area contributed by atoms with Crippen molar-refractivity contribution in [2.45, 2.75) is 13.0 Å². The first-order chi connectivity index (χ1) is 8.66. The summed E-state index contributed by atoms with van der Waals surface area (Å²) >= 11 is 0. The van der Waals surface area contributed by atoms with Gasteiger partial charge >= 0.3 is 0 Å². The fourth-order valence-electron chi connectivity index (χ4n) is 2.52. The van der Waals surface area contributed by atoms with Crippen LogP contribution < -0.4 is 11.1 Å². The highest BCUT2D eigenvalue weighted by molar-refractivity contribution is 5.94. The Kier molecular flexibility index (Phi) is 4.33. The molecule has 98 valence electrons. The molecule has 1 aromatic carbocycles. The molecule has 1 aliphatic heterocycles. The van der Waals surface area contributed by atoms with Crippen LogP contribution in [0.15, 0.2) is 24.3 Å². The molecule has 0 saturated carbocycles. The molecule has 1 fully saturated rings. The molecule has 1 unspecified atom stereocenters. The van der Waals surface area contributed by atoms with E-state index in [1.807, 2.05) is 18.2 Å². The third-order valence-corrected chi connectivity index (χ3v) is 3.52. The second-order valence-electron chi connectivity index (χ2n) is 5.07. The molecule has 4 heteroatoms. The second-order valence-corrected chi connectivity index (χ2v) is 5.07. The lowest BCUT2D eigenvalue weighted by Crippen LogP contribution is -2.26. The molecule has 3 N–H and O–H groups in total. The molecule has 1 aliphatic rings. The molecule has 1 amide bonds. The van der Waals surface area contributed by atoms with Gasteiger partial charge in [0, 0.05) is 18.7 Å². The van der Waals surface area contributed by atoms with Gasteiger partial charge in [-0.1, -0.05) is 18.2 Å². The first-order valence-electron chi connectivity index (χ1n) is 6.44. The molecule has 1 aromatic rings. The molecule has 1 atom stereocenters. The van der Waals surface area contributed by atoms with E-state index >= 15 is 0 Å². The fourth-order valence-corrected chi connectivity index (χ4v) is 2.52. The van der Waals surface area contributed by atoms with Gasteiger partial charge in [-0.05, 0) is 44.1 Å². The number of hydrogen-bond donors (Lipinski definition) is 2. The van der Waals surface area contributed by atoms with Gasteiger partial charge in [-0.25, -0.2) is 0 Å². The summed E-state index contributed by atoms with van der Waals surface area (Å²) in [5, 5.41) is 3.42. The van der Waals surface area contributed by atoms with E-state index in [0.717, 1.165) is 24.6 Å². The third kappa shape index (κ3) is 3.31.